The molecule has 3 aliphatic rings. The maximum absolute atomic E-state index is 12.7. The van der Waals surface area contributed by atoms with Gasteiger partial charge in [-0.15, -0.1) is 16.7 Å². The monoisotopic (exact) mass is 789 g/mol. The number of carboxylic acid groups (broad SMARTS) is 3. The Morgan fingerprint density at radius 1 is 0.911 bits per heavy atom. The van der Waals surface area contributed by atoms with Crippen molar-refractivity contribution in [1.29, 1.82) is 0 Å². The zero-order valence-electron chi connectivity index (χ0n) is 25.7. The molecule has 8 bridgehead atoms. The molecule has 10 nitrogen and oxygen atoms in total. The zero-order valence-corrected chi connectivity index (χ0v) is 27.9. The summed E-state index contributed by atoms with van der Waals surface area (Å²) in [5.41, 5.74) is 8.16. The quantitative estimate of drug-likeness (QED) is 0.303. The van der Waals surface area contributed by atoms with Crippen LogP contribution in [0.5, 0.6) is 0 Å². The van der Waals surface area contributed by atoms with Crippen LogP contribution < -0.4 is 9.97 Å². The summed E-state index contributed by atoms with van der Waals surface area (Å²) in [5, 5.41) is 29.8. The number of aromatic nitrogens is 4. The number of hydrogen-bond acceptors (Lipinski definition) is 5. The second-order valence-corrected chi connectivity index (χ2v) is 11.3. The van der Waals surface area contributed by atoms with Crippen LogP contribution in [0, 0.1) is 6.92 Å². The Hall–Kier alpha value is -4.30. The molecular formula is C34H34N4O6Pt. The summed E-state index contributed by atoms with van der Waals surface area (Å²) in [6.07, 6.45) is 1.90. The fraction of sp³-hybridized carbons (Fsp3) is 0.324. The van der Waals surface area contributed by atoms with Crippen LogP contribution in [0.25, 0.3) is 33.3 Å². The molecule has 5 rings (SSSR count). The Kier molecular flexibility index (Phi) is 9.68. The molecule has 45 heavy (non-hydrogen) atoms. The molecule has 11 heteroatoms. The summed E-state index contributed by atoms with van der Waals surface area (Å²) in [6.45, 7) is 13.5. The van der Waals surface area contributed by atoms with E-state index in [2.05, 4.69) is 6.58 Å². The Labute approximate surface area is 275 Å². The van der Waals surface area contributed by atoms with Gasteiger partial charge in [-0.1, -0.05) is 55.8 Å². The van der Waals surface area contributed by atoms with E-state index < -0.39 is 30.2 Å². The van der Waals surface area contributed by atoms with Gasteiger partial charge >= 0.3 is 39.0 Å². The van der Waals surface area contributed by atoms with Gasteiger partial charge in [0.2, 0.25) is 0 Å². The van der Waals surface area contributed by atoms with E-state index in [1.54, 1.807) is 19.1 Å². The molecule has 0 spiro atoms. The largest absolute Gasteiger partial charge is 2.00 e. The van der Waals surface area contributed by atoms with Gasteiger partial charge in [0.15, 0.2) is 0 Å². The van der Waals surface area contributed by atoms with Crippen molar-refractivity contribution in [2.45, 2.75) is 72.1 Å². The molecule has 2 aromatic rings. The van der Waals surface area contributed by atoms with Crippen molar-refractivity contribution >= 4 is 51.2 Å². The van der Waals surface area contributed by atoms with Crippen LogP contribution in [-0.2, 0) is 48.3 Å². The van der Waals surface area contributed by atoms with Crippen LogP contribution in [0.15, 0.2) is 30.9 Å². The number of allylic oxidation sites excluding steroid dienone is 4. The fourth-order valence-corrected chi connectivity index (χ4v) is 6.37. The molecule has 0 saturated heterocycles. The first-order valence-corrected chi connectivity index (χ1v) is 14.5. The smallest absolute Gasteiger partial charge is 0.664 e. The van der Waals surface area contributed by atoms with E-state index in [0.717, 1.165) is 27.8 Å². The van der Waals surface area contributed by atoms with Gasteiger partial charge in [-0.05, 0) is 62.2 Å². The number of nitrogens with zero attached hydrogens (tertiary/aromatic N) is 4. The number of carboxylic acids is 3. The predicted molar refractivity (Wildman–Crippen MR) is 167 cm³/mol. The second-order valence-electron chi connectivity index (χ2n) is 11.3. The van der Waals surface area contributed by atoms with Gasteiger partial charge in [0, 0.05) is 12.0 Å². The first-order valence-electron chi connectivity index (χ1n) is 14.5. The maximum Gasteiger partial charge on any atom is 2.00 e. The average molecular weight is 790 g/mol. The van der Waals surface area contributed by atoms with Crippen molar-refractivity contribution in [3.8, 4) is 0 Å². The van der Waals surface area contributed by atoms with E-state index in [1.807, 2.05) is 39.8 Å². The number of fused-ring (bicyclic) bond motifs is 8. The Morgan fingerprint density at radius 2 is 1.58 bits per heavy atom. The first kappa shape index (κ1) is 33.6. The van der Waals surface area contributed by atoms with Crippen LogP contribution >= 0.6 is 0 Å². The van der Waals surface area contributed by atoms with Crippen LogP contribution in [0.4, 0.5) is 0 Å². The molecule has 0 fully saturated rings. The summed E-state index contributed by atoms with van der Waals surface area (Å²) < 4.78 is 0. The van der Waals surface area contributed by atoms with Gasteiger partial charge in [0.25, 0.3) is 0 Å². The van der Waals surface area contributed by atoms with Crippen molar-refractivity contribution < 1.29 is 50.8 Å². The van der Waals surface area contributed by atoms with E-state index in [9.17, 15) is 29.7 Å². The topological polar surface area (TPSA) is 166 Å². The van der Waals surface area contributed by atoms with Gasteiger partial charge in [-0.2, -0.15) is 5.69 Å². The Bertz CT molecular complexity index is 1900. The number of aryl methyl sites for hydroxylation is 2. The van der Waals surface area contributed by atoms with E-state index in [0.29, 0.717) is 46.0 Å². The molecule has 0 radical (unpaired) electrons. The van der Waals surface area contributed by atoms with Crippen LogP contribution in [0.1, 0.15) is 103 Å². The third kappa shape index (κ3) is 6.03. The molecule has 0 amide bonds. The molecule has 3 N–H and O–H groups in total. The Balaban J connectivity index is 0.00000461. The molecule has 2 unspecified atom stereocenters. The summed E-state index contributed by atoms with van der Waals surface area (Å²) in [7, 11) is 0. The molecule has 0 aliphatic carbocycles. The molecule has 0 aromatic carbocycles. The van der Waals surface area contributed by atoms with Crippen LogP contribution in [0.2, 0.25) is 0 Å². The number of rotatable bonds is 8. The molecule has 0 saturated carbocycles. The van der Waals surface area contributed by atoms with Crippen molar-refractivity contribution in [2.24, 2.45) is 0 Å². The molecule has 3 aliphatic heterocycles. The number of carbonyl (C=O) groups is 3. The summed E-state index contributed by atoms with van der Waals surface area (Å²) in [5.74, 6) is -4.21. The van der Waals surface area contributed by atoms with E-state index in [-0.39, 0.29) is 56.7 Å². The van der Waals surface area contributed by atoms with Crippen molar-refractivity contribution in [3.63, 3.8) is 0 Å². The normalized spacial score (nSPS) is 16.7. The molecule has 5 heterocycles. The number of aliphatic carboxylic acids is 3. The molecule has 2 atom stereocenters. The van der Waals surface area contributed by atoms with Gasteiger partial charge in [0.1, 0.15) is 0 Å². The third-order valence-electron chi connectivity index (χ3n) is 8.79. The maximum atomic E-state index is 12.7. The van der Waals surface area contributed by atoms with Crippen LogP contribution in [-0.4, -0.2) is 43.2 Å². The minimum Gasteiger partial charge on any atom is -0.664 e. The SMILES string of the molecule is C=CC1=C(C)c2cc3[n-]c(c(CC(=O)O)c4nc(cc5[n-]c(cc1n2)c(C)c5CC)C(C)=C4C(=O)O)C(CCC(=O)O)C3C.[Pt+2]. The minimum atomic E-state index is -1.24. The third-order valence-corrected chi connectivity index (χ3v) is 8.79. The van der Waals surface area contributed by atoms with Crippen molar-refractivity contribution in [1.82, 2.24) is 19.9 Å². The van der Waals surface area contributed by atoms with Crippen molar-refractivity contribution in [2.75, 3.05) is 0 Å². The average Bonchev–Trinajstić information content (AvgIpc) is 3.63. The van der Waals surface area contributed by atoms with E-state index >= 15 is 0 Å². The van der Waals surface area contributed by atoms with Gasteiger partial charge < -0.3 is 25.3 Å². The summed E-state index contributed by atoms with van der Waals surface area (Å²) >= 11 is 0. The summed E-state index contributed by atoms with van der Waals surface area (Å²) in [6, 6.07) is 5.50. The second kappa shape index (κ2) is 13.0. The van der Waals surface area contributed by atoms with Gasteiger partial charge in [-0.3, -0.25) is 9.59 Å². The van der Waals surface area contributed by atoms with Gasteiger partial charge in [0.05, 0.1) is 34.8 Å². The minimum absolute atomic E-state index is 0. The summed E-state index contributed by atoms with van der Waals surface area (Å²) in [4.78, 5) is 56.0. The predicted octanol–water partition coefficient (Wildman–Crippen LogP) is 5.67. The van der Waals surface area contributed by atoms with E-state index in [4.69, 9.17) is 19.9 Å². The molecular weight excluding hydrogens is 755 g/mol. The Morgan fingerprint density at radius 3 is 2.18 bits per heavy atom. The van der Waals surface area contributed by atoms with E-state index in [1.165, 1.54) is 0 Å². The fourth-order valence-electron chi connectivity index (χ4n) is 6.37. The molecule has 2 aromatic heterocycles. The van der Waals surface area contributed by atoms with Crippen LogP contribution in [0.3, 0.4) is 0 Å². The molecule has 236 valence electrons. The van der Waals surface area contributed by atoms with Gasteiger partial charge in [-0.25, -0.2) is 14.8 Å². The van der Waals surface area contributed by atoms with Crippen molar-refractivity contribution in [3.05, 3.63) is 81.7 Å². The number of hydrogen-bond donors (Lipinski definition) is 3. The zero-order chi connectivity index (χ0) is 32.0. The standard InChI is InChI=1S/C34H36N4O6.Pt/c1-7-19-15(3)23-12-25-17(5)21(9-10-29(39)40)32(37-25)22(11-30(41)42)33-31(34(43)44)18(6)26(38-33)14-28-20(8-2)16(4)24(36-28)13-27(19)35-23;/h7,12-14,17,21H,1,8-11H2,2-6H3,(H5,35,36,37,38,39,40,41,42,43,44);/q;+2/p-2. The first-order chi connectivity index (χ1) is 20.9.